The Hall–Kier alpha value is -2.23. The number of benzene rings is 2. The summed E-state index contributed by atoms with van der Waals surface area (Å²) in [6, 6.07) is 11.9. The minimum atomic E-state index is -2.88. The van der Waals surface area contributed by atoms with Gasteiger partial charge in [0.2, 0.25) is 0 Å². The second-order valence-electron chi connectivity index (χ2n) is 4.74. The number of ketones is 1. The first-order valence-electron chi connectivity index (χ1n) is 6.70. The van der Waals surface area contributed by atoms with Crippen LogP contribution in [0.1, 0.15) is 29.3 Å². The summed E-state index contributed by atoms with van der Waals surface area (Å²) in [5.41, 5.74) is 2.74. The predicted molar refractivity (Wildman–Crippen MR) is 77.9 cm³/mol. The number of carbonyl (C=O) groups excluding carboxylic acids is 1. The van der Waals surface area contributed by atoms with E-state index < -0.39 is 6.61 Å². The summed E-state index contributed by atoms with van der Waals surface area (Å²) in [7, 11) is 0. The average Bonchev–Trinajstić information content (AvgIpc) is 2.48. The Labute approximate surface area is 122 Å². The van der Waals surface area contributed by atoms with Crippen molar-refractivity contribution in [2.45, 2.75) is 26.9 Å². The van der Waals surface area contributed by atoms with Gasteiger partial charge in [-0.15, -0.1) is 0 Å². The maximum absolute atomic E-state index is 12.5. The molecule has 0 unspecified atom stereocenters. The molecule has 0 fully saturated rings. The van der Waals surface area contributed by atoms with Gasteiger partial charge in [-0.3, -0.25) is 4.79 Å². The lowest BCUT2D eigenvalue weighted by atomic mass is 9.98. The molecule has 0 saturated heterocycles. The summed E-state index contributed by atoms with van der Waals surface area (Å²) in [6.07, 6.45) is 0.400. The Balaban J connectivity index is 2.50. The number of halogens is 2. The van der Waals surface area contributed by atoms with Gasteiger partial charge in [-0.2, -0.15) is 8.78 Å². The molecule has 4 heteroatoms. The van der Waals surface area contributed by atoms with Crippen molar-refractivity contribution in [3.05, 3.63) is 53.6 Å². The number of rotatable bonds is 5. The standard InChI is InChI=1S/C17H16F2O2/c1-3-15(20)13-6-4-5-12(10-13)14-9-11(2)7-8-16(14)21-17(18)19/h4-10,17H,3H2,1-2H3. The normalized spacial score (nSPS) is 10.7. The van der Waals surface area contributed by atoms with E-state index in [1.807, 2.05) is 6.92 Å². The lowest BCUT2D eigenvalue weighted by Crippen LogP contribution is -2.03. The number of aryl methyl sites for hydroxylation is 1. The molecule has 0 heterocycles. The van der Waals surface area contributed by atoms with Crippen molar-refractivity contribution >= 4 is 5.78 Å². The molecule has 0 N–H and O–H groups in total. The molecule has 0 aromatic heterocycles. The Morgan fingerprint density at radius 1 is 1.19 bits per heavy atom. The summed E-state index contributed by atoms with van der Waals surface area (Å²) in [4.78, 5) is 11.8. The fourth-order valence-electron chi connectivity index (χ4n) is 2.13. The average molecular weight is 290 g/mol. The van der Waals surface area contributed by atoms with Gasteiger partial charge in [-0.25, -0.2) is 0 Å². The van der Waals surface area contributed by atoms with Crippen LogP contribution in [-0.4, -0.2) is 12.4 Å². The van der Waals surface area contributed by atoms with Crippen LogP contribution in [-0.2, 0) is 0 Å². The first-order chi connectivity index (χ1) is 10.0. The first kappa shape index (κ1) is 15.2. The lowest BCUT2D eigenvalue weighted by Gasteiger charge is -2.12. The zero-order chi connectivity index (χ0) is 15.4. The Morgan fingerprint density at radius 3 is 2.62 bits per heavy atom. The molecule has 0 radical (unpaired) electrons. The van der Waals surface area contributed by atoms with Crippen LogP contribution in [0.15, 0.2) is 42.5 Å². The van der Waals surface area contributed by atoms with E-state index in [1.165, 1.54) is 6.07 Å². The minimum Gasteiger partial charge on any atom is -0.434 e. The largest absolute Gasteiger partial charge is 0.434 e. The topological polar surface area (TPSA) is 26.3 Å². The van der Waals surface area contributed by atoms with Crippen LogP contribution in [0.5, 0.6) is 5.75 Å². The van der Waals surface area contributed by atoms with Crippen LogP contribution < -0.4 is 4.74 Å². The summed E-state index contributed by atoms with van der Waals surface area (Å²) >= 11 is 0. The van der Waals surface area contributed by atoms with Crippen molar-refractivity contribution in [3.8, 4) is 16.9 Å². The van der Waals surface area contributed by atoms with E-state index in [0.717, 1.165) is 5.56 Å². The van der Waals surface area contributed by atoms with Crippen molar-refractivity contribution < 1.29 is 18.3 Å². The van der Waals surface area contributed by atoms with E-state index in [2.05, 4.69) is 4.74 Å². The molecule has 110 valence electrons. The zero-order valence-corrected chi connectivity index (χ0v) is 11.9. The third kappa shape index (κ3) is 3.66. The highest BCUT2D eigenvalue weighted by atomic mass is 19.3. The van der Waals surface area contributed by atoms with E-state index in [4.69, 9.17) is 0 Å². The molecule has 2 rings (SSSR count). The Kier molecular flexibility index (Phi) is 4.68. The molecule has 0 saturated carbocycles. The van der Waals surface area contributed by atoms with E-state index in [-0.39, 0.29) is 11.5 Å². The molecule has 0 aliphatic heterocycles. The Bertz CT molecular complexity index is 651. The van der Waals surface area contributed by atoms with Crippen LogP contribution in [0.3, 0.4) is 0 Å². The van der Waals surface area contributed by atoms with Crippen LogP contribution >= 0.6 is 0 Å². The Morgan fingerprint density at radius 2 is 1.95 bits per heavy atom. The fourth-order valence-corrected chi connectivity index (χ4v) is 2.13. The summed E-state index contributed by atoms with van der Waals surface area (Å²) in [5.74, 6) is 0.123. The molecule has 0 amide bonds. The molecule has 2 aromatic carbocycles. The van der Waals surface area contributed by atoms with Gasteiger partial charge in [0, 0.05) is 17.5 Å². The van der Waals surface area contributed by atoms with Crippen LogP contribution in [0.4, 0.5) is 8.78 Å². The number of hydrogen-bond donors (Lipinski definition) is 0. The molecule has 0 atom stereocenters. The number of ether oxygens (including phenoxy) is 1. The van der Waals surface area contributed by atoms with Crippen molar-refractivity contribution in [1.82, 2.24) is 0 Å². The number of Topliss-reactive ketones (excluding diaryl/α,β-unsaturated/α-hetero) is 1. The second-order valence-corrected chi connectivity index (χ2v) is 4.74. The second kappa shape index (κ2) is 6.48. The molecular weight excluding hydrogens is 274 g/mol. The molecule has 2 nitrogen and oxygen atoms in total. The van der Waals surface area contributed by atoms with Gasteiger partial charge < -0.3 is 4.74 Å². The van der Waals surface area contributed by atoms with Crippen molar-refractivity contribution in [3.63, 3.8) is 0 Å². The molecule has 0 spiro atoms. The van der Waals surface area contributed by atoms with Gasteiger partial charge >= 0.3 is 6.61 Å². The van der Waals surface area contributed by atoms with Crippen molar-refractivity contribution in [2.75, 3.05) is 0 Å². The van der Waals surface area contributed by atoms with Gasteiger partial charge in [-0.05, 0) is 30.7 Å². The van der Waals surface area contributed by atoms with Gasteiger partial charge in [-0.1, -0.05) is 36.8 Å². The quantitative estimate of drug-likeness (QED) is 0.735. The molecule has 0 aliphatic carbocycles. The van der Waals surface area contributed by atoms with E-state index in [0.29, 0.717) is 23.1 Å². The number of carbonyl (C=O) groups is 1. The van der Waals surface area contributed by atoms with Crippen molar-refractivity contribution in [2.24, 2.45) is 0 Å². The summed E-state index contributed by atoms with van der Waals surface area (Å²) in [5, 5.41) is 0. The van der Waals surface area contributed by atoms with E-state index in [1.54, 1.807) is 43.3 Å². The van der Waals surface area contributed by atoms with E-state index in [9.17, 15) is 13.6 Å². The SMILES string of the molecule is CCC(=O)c1cccc(-c2cc(C)ccc2OC(F)F)c1. The highest BCUT2D eigenvalue weighted by molar-refractivity contribution is 5.97. The molecule has 2 aromatic rings. The van der Waals surface area contributed by atoms with Gasteiger partial charge in [0.15, 0.2) is 5.78 Å². The highest BCUT2D eigenvalue weighted by Gasteiger charge is 2.13. The first-order valence-corrected chi connectivity index (χ1v) is 6.70. The predicted octanol–water partition coefficient (Wildman–Crippen LogP) is 4.86. The monoisotopic (exact) mass is 290 g/mol. The highest BCUT2D eigenvalue weighted by Crippen LogP contribution is 2.32. The summed E-state index contributed by atoms with van der Waals surface area (Å²) in [6.45, 7) is 0.774. The third-order valence-electron chi connectivity index (χ3n) is 3.17. The molecule has 21 heavy (non-hydrogen) atoms. The third-order valence-corrected chi connectivity index (χ3v) is 3.17. The van der Waals surface area contributed by atoms with E-state index >= 15 is 0 Å². The van der Waals surface area contributed by atoms with Gasteiger partial charge in [0.05, 0.1) is 0 Å². The maximum Gasteiger partial charge on any atom is 0.387 e. The zero-order valence-electron chi connectivity index (χ0n) is 11.9. The smallest absolute Gasteiger partial charge is 0.387 e. The van der Waals surface area contributed by atoms with Crippen LogP contribution in [0.2, 0.25) is 0 Å². The minimum absolute atomic E-state index is 0.0147. The molecule has 0 aliphatic rings. The molecule has 0 bridgehead atoms. The van der Waals surface area contributed by atoms with Crippen LogP contribution in [0.25, 0.3) is 11.1 Å². The summed E-state index contributed by atoms with van der Waals surface area (Å²) < 4.78 is 29.6. The molecular formula is C17H16F2O2. The van der Waals surface area contributed by atoms with Crippen molar-refractivity contribution in [1.29, 1.82) is 0 Å². The van der Waals surface area contributed by atoms with Gasteiger partial charge in [0.25, 0.3) is 0 Å². The fraction of sp³-hybridized carbons (Fsp3) is 0.235. The number of hydrogen-bond acceptors (Lipinski definition) is 2. The lowest BCUT2D eigenvalue weighted by molar-refractivity contribution is -0.0494. The number of alkyl halides is 2. The maximum atomic E-state index is 12.5. The van der Waals surface area contributed by atoms with Crippen LogP contribution in [0, 0.1) is 6.92 Å². The van der Waals surface area contributed by atoms with Gasteiger partial charge in [0.1, 0.15) is 5.75 Å².